The molecule has 146 valence electrons. The van der Waals surface area contributed by atoms with E-state index in [4.69, 9.17) is 0 Å². The van der Waals surface area contributed by atoms with E-state index in [2.05, 4.69) is 20.7 Å². The van der Waals surface area contributed by atoms with Crippen molar-refractivity contribution in [3.63, 3.8) is 0 Å². The Hall–Kier alpha value is -1.43. The molecule has 1 unspecified atom stereocenters. The van der Waals surface area contributed by atoms with Gasteiger partial charge in [0.2, 0.25) is 0 Å². The van der Waals surface area contributed by atoms with Crippen LogP contribution in [-0.2, 0) is 29.7 Å². The van der Waals surface area contributed by atoms with Gasteiger partial charge in [0.05, 0.1) is 26.5 Å². The van der Waals surface area contributed by atoms with E-state index in [1.807, 2.05) is 0 Å². The standard InChI is InChI=1S/C16H16BrNO6S3/c17-12-3-1-4-13(9-12)18-27(23,24)15-6-2-5-14(10-15)26(21,22)16-7-8-25(19,20)11-16/h1-6,9-10,16,18H,7-8,11H2. The minimum Gasteiger partial charge on any atom is -0.280 e. The van der Waals surface area contributed by atoms with Crippen molar-refractivity contribution in [3.8, 4) is 0 Å². The highest BCUT2D eigenvalue weighted by Gasteiger charge is 2.38. The second-order valence-electron chi connectivity index (χ2n) is 6.16. The first-order valence-electron chi connectivity index (χ1n) is 7.82. The van der Waals surface area contributed by atoms with E-state index in [0.29, 0.717) is 10.2 Å². The molecule has 27 heavy (non-hydrogen) atoms. The molecule has 0 spiro atoms. The Bertz CT molecular complexity index is 1190. The molecule has 3 rings (SSSR count). The predicted molar refractivity (Wildman–Crippen MR) is 106 cm³/mol. The molecule has 1 heterocycles. The van der Waals surface area contributed by atoms with Gasteiger partial charge in [-0.1, -0.05) is 28.1 Å². The summed E-state index contributed by atoms with van der Waals surface area (Å²) in [5.41, 5.74) is 0.319. The maximum atomic E-state index is 12.7. The van der Waals surface area contributed by atoms with Crippen molar-refractivity contribution in [1.29, 1.82) is 0 Å². The van der Waals surface area contributed by atoms with E-state index < -0.39 is 40.7 Å². The lowest BCUT2D eigenvalue weighted by atomic mass is 10.3. The van der Waals surface area contributed by atoms with Crippen molar-refractivity contribution in [3.05, 3.63) is 53.0 Å². The molecule has 11 heteroatoms. The third kappa shape index (κ3) is 4.53. The van der Waals surface area contributed by atoms with Gasteiger partial charge in [-0.15, -0.1) is 0 Å². The molecule has 0 aliphatic carbocycles. The zero-order chi connectivity index (χ0) is 19.9. The smallest absolute Gasteiger partial charge is 0.261 e. The molecule has 7 nitrogen and oxygen atoms in total. The second kappa shape index (κ2) is 7.19. The molecule has 2 aromatic carbocycles. The minimum absolute atomic E-state index is 0.0118. The fraction of sp³-hybridized carbons (Fsp3) is 0.250. The van der Waals surface area contributed by atoms with Gasteiger partial charge in [-0.3, -0.25) is 4.72 Å². The number of anilines is 1. The van der Waals surface area contributed by atoms with Gasteiger partial charge in [0.25, 0.3) is 10.0 Å². The molecular weight excluding hydrogens is 478 g/mol. The summed E-state index contributed by atoms with van der Waals surface area (Å²) in [6.45, 7) is 0. The maximum Gasteiger partial charge on any atom is 0.261 e. The Kier molecular flexibility index (Phi) is 5.41. The van der Waals surface area contributed by atoms with Crippen LogP contribution in [-0.4, -0.2) is 42.0 Å². The molecule has 0 aromatic heterocycles. The summed E-state index contributed by atoms with van der Waals surface area (Å²) < 4.78 is 76.9. The van der Waals surface area contributed by atoms with Gasteiger partial charge in [0.1, 0.15) is 0 Å². The monoisotopic (exact) mass is 493 g/mol. The fourth-order valence-electron chi connectivity index (χ4n) is 2.78. The van der Waals surface area contributed by atoms with Gasteiger partial charge in [0, 0.05) is 10.2 Å². The van der Waals surface area contributed by atoms with Crippen molar-refractivity contribution < 1.29 is 25.3 Å². The first-order valence-corrected chi connectivity index (χ1v) is 13.5. The number of sulfonamides is 1. The Labute approximate surface area is 166 Å². The van der Waals surface area contributed by atoms with Crippen LogP contribution in [0, 0.1) is 0 Å². The summed E-state index contributed by atoms with van der Waals surface area (Å²) in [6, 6.07) is 11.5. The molecular formula is C16H16BrNO6S3. The highest BCUT2D eigenvalue weighted by atomic mass is 79.9. The summed E-state index contributed by atoms with van der Waals surface area (Å²) in [5, 5.41) is -1.06. The third-order valence-corrected chi connectivity index (χ3v) is 10.2. The summed E-state index contributed by atoms with van der Waals surface area (Å²) in [6.07, 6.45) is 0.0118. The zero-order valence-corrected chi connectivity index (χ0v) is 17.9. The van der Waals surface area contributed by atoms with E-state index in [0.717, 1.165) is 6.07 Å². The molecule has 0 saturated carbocycles. The van der Waals surface area contributed by atoms with Crippen LogP contribution in [0.15, 0.2) is 62.8 Å². The average Bonchev–Trinajstić information content (AvgIpc) is 2.95. The normalized spacial score (nSPS) is 19.7. The lowest BCUT2D eigenvalue weighted by Crippen LogP contribution is -2.23. The minimum atomic E-state index is -4.01. The largest absolute Gasteiger partial charge is 0.280 e. The van der Waals surface area contributed by atoms with Gasteiger partial charge in [-0.2, -0.15) is 0 Å². The summed E-state index contributed by atoms with van der Waals surface area (Å²) >= 11 is 3.25. The van der Waals surface area contributed by atoms with E-state index in [1.54, 1.807) is 24.3 Å². The fourth-order valence-corrected chi connectivity index (χ4v) is 8.76. The Balaban J connectivity index is 1.93. The van der Waals surface area contributed by atoms with Gasteiger partial charge in [0.15, 0.2) is 19.7 Å². The van der Waals surface area contributed by atoms with Crippen LogP contribution in [0.4, 0.5) is 5.69 Å². The first kappa shape index (κ1) is 20.3. The molecule has 2 aromatic rings. The number of hydrogen-bond acceptors (Lipinski definition) is 6. The van der Waals surface area contributed by atoms with E-state index in [1.165, 1.54) is 18.2 Å². The molecule has 1 aliphatic heterocycles. The van der Waals surface area contributed by atoms with Crippen molar-refractivity contribution in [2.45, 2.75) is 21.5 Å². The van der Waals surface area contributed by atoms with Crippen molar-refractivity contribution >= 4 is 51.3 Å². The summed E-state index contributed by atoms with van der Waals surface area (Å²) in [7, 11) is -11.3. The SMILES string of the molecule is O=S1(=O)CCC(S(=O)(=O)c2cccc(S(=O)(=O)Nc3cccc(Br)c3)c2)C1. The third-order valence-electron chi connectivity index (χ3n) is 4.15. The Morgan fingerprint density at radius 2 is 1.63 bits per heavy atom. The molecule has 1 atom stereocenters. The molecule has 0 amide bonds. The number of nitrogens with one attached hydrogen (secondary N) is 1. The first-order chi connectivity index (χ1) is 12.5. The van der Waals surface area contributed by atoms with E-state index in [9.17, 15) is 25.3 Å². The number of hydrogen-bond donors (Lipinski definition) is 1. The van der Waals surface area contributed by atoms with E-state index in [-0.39, 0.29) is 22.0 Å². The van der Waals surface area contributed by atoms with Crippen molar-refractivity contribution in [2.24, 2.45) is 0 Å². The van der Waals surface area contributed by atoms with Crippen LogP contribution in [0.1, 0.15) is 6.42 Å². The van der Waals surface area contributed by atoms with Crippen LogP contribution in [0.5, 0.6) is 0 Å². The Morgan fingerprint density at radius 1 is 0.963 bits per heavy atom. The van der Waals surface area contributed by atoms with Crippen LogP contribution in [0.2, 0.25) is 0 Å². The van der Waals surface area contributed by atoms with Crippen LogP contribution < -0.4 is 4.72 Å². The topological polar surface area (TPSA) is 114 Å². The van der Waals surface area contributed by atoms with Gasteiger partial charge in [-0.25, -0.2) is 25.3 Å². The number of sulfone groups is 2. The average molecular weight is 494 g/mol. The van der Waals surface area contributed by atoms with Crippen LogP contribution in [0.25, 0.3) is 0 Å². The second-order valence-corrected chi connectivity index (χ2v) is 13.2. The zero-order valence-electron chi connectivity index (χ0n) is 13.9. The number of halogens is 1. The van der Waals surface area contributed by atoms with Gasteiger partial charge < -0.3 is 0 Å². The number of rotatable bonds is 5. The molecule has 1 saturated heterocycles. The van der Waals surface area contributed by atoms with Crippen LogP contribution >= 0.6 is 15.9 Å². The predicted octanol–water partition coefficient (Wildman–Crippen LogP) is 2.21. The quantitative estimate of drug-likeness (QED) is 0.682. The van der Waals surface area contributed by atoms with Crippen molar-refractivity contribution in [2.75, 3.05) is 16.2 Å². The summed E-state index contributed by atoms with van der Waals surface area (Å²) in [4.78, 5) is -0.425. The molecule has 0 bridgehead atoms. The lowest BCUT2D eigenvalue weighted by Gasteiger charge is -2.12. The van der Waals surface area contributed by atoms with Gasteiger partial charge in [-0.05, 0) is 42.8 Å². The summed E-state index contributed by atoms with van der Waals surface area (Å²) in [5.74, 6) is -0.623. The highest BCUT2D eigenvalue weighted by Crippen LogP contribution is 2.27. The Morgan fingerprint density at radius 3 is 2.26 bits per heavy atom. The molecule has 1 aliphatic rings. The lowest BCUT2D eigenvalue weighted by molar-refractivity contribution is 0.582. The van der Waals surface area contributed by atoms with Crippen LogP contribution in [0.3, 0.4) is 0 Å². The van der Waals surface area contributed by atoms with E-state index >= 15 is 0 Å². The molecule has 1 fully saturated rings. The van der Waals surface area contributed by atoms with Gasteiger partial charge >= 0.3 is 0 Å². The maximum absolute atomic E-state index is 12.7. The number of benzene rings is 2. The highest BCUT2D eigenvalue weighted by molar-refractivity contribution is 9.10. The molecule has 0 radical (unpaired) electrons. The molecule has 1 N–H and O–H groups in total. The van der Waals surface area contributed by atoms with Crippen molar-refractivity contribution in [1.82, 2.24) is 0 Å².